The van der Waals surface area contributed by atoms with E-state index in [0.717, 1.165) is 12.0 Å². The molecule has 136 valence electrons. The Kier molecular flexibility index (Phi) is 4.87. The van der Waals surface area contributed by atoms with Crippen LogP contribution in [0.5, 0.6) is 0 Å². The fraction of sp³-hybridized carbons (Fsp3) is 0.500. The molecule has 2 aliphatic carbocycles. The smallest absolute Gasteiger partial charge is 0.241 e. The summed E-state index contributed by atoms with van der Waals surface area (Å²) in [7, 11) is -5.63. The fourth-order valence-electron chi connectivity index (χ4n) is 3.57. The highest BCUT2D eigenvalue weighted by atomic mass is 32.3. The van der Waals surface area contributed by atoms with E-state index in [0.29, 0.717) is 17.5 Å². The van der Waals surface area contributed by atoms with Gasteiger partial charge in [-0.3, -0.25) is 0 Å². The fourth-order valence-corrected chi connectivity index (χ4v) is 6.79. The number of benzene rings is 1. The Labute approximate surface area is 154 Å². The van der Waals surface area contributed by atoms with E-state index < -0.39 is 21.0 Å². The molecule has 1 aromatic rings. The zero-order chi connectivity index (χ0) is 18.4. The van der Waals surface area contributed by atoms with Crippen molar-refractivity contribution in [2.75, 3.05) is 0 Å². The summed E-state index contributed by atoms with van der Waals surface area (Å²) in [6.45, 7) is 6.29. The molecule has 0 radical (unpaired) electrons. The van der Waals surface area contributed by atoms with Crippen LogP contribution in [0, 0.1) is 17.3 Å². The highest BCUT2D eigenvalue weighted by Gasteiger charge is 2.59. The molecule has 6 nitrogen and oxygen atoms in total. The average Bonchev–Trinajstić information content (AvgIpc) is 3.07. The zero-order valence-corrected chi connectivity index (χ0v) is 16.6. The lowest BCUT2D eigenvalue weighted by molar-refractivity contribution is 0.532. The minimum absolute atomic E-state index is 0.00207. The monoisotopic (exact) mass is 400 g/mol. The molecule has 1 fully saturated rings. The number of fused-ring (bicyclic) bond motifs is 1. The third kappa shape index (κ3) is 3.55. The Morgan fingerprint density at radius 2 is 1.92 bits per heavy atom. The summed E-state index contributed by atoms with van der Waals surface area (Å²) >= 11 is 0.0567. The minimum atomic E-state index is -3.90. The van der Waals surface area contributed by atoms with Crippen molar-refractivity contribution in [3.63, 3.8) is 0 Å². The van der Waals surface area contributed by atoms with E-state index in [2.05, 4.69) is 28.4 Å². The molecule has 1 saturated carbocycles. The standard InChI is InChI=1S/C16H20N2O4S3/c1-10-8-13-14(16(13,2)3)9-15(10)24(20)18-25(21,22)12-6-4-11(5-7-12)17-23-19/h4-8,13-15,18H,9H2,1-3H3/t13-,14+,15?,24?/m0/s1. The van der Waals surface area contributed by atoms with Crippen molar-refractivity contribution in [3.05, 3.63) is 35.9 Å². The van der Waals surface area contributed by atoms with Crippen LogP contribution in [0.1, 0.15) is 27.2 Å². The van der Waals surface area contributed by atoms with E-state index in [-0.39, 0.29) is 27.0 Å². The molecule has 0 saturated heterocycles. The number of hydrogen-bond donors (Lipinski definition) is 1. The molecule has 2 unspecified atom stereocenters. The Balaban J connectivity index is 1.75. The van der Waals surface area contributed by atoms with Crippen LogP contribution in [0.2, 0.25) is 0 Å². The summed E-state index contributed by atoms with van der Waals surface area (Å²) < 4.78 is 53.8. The van der Waals surface area contributed by atoms with Crippen LogP contribution in [0.15, 0.2) is 45.2 Å². The molecule has 0 amide bonds. The molecule has 4 atom stereocenters. The summed E-state index contributed by atoms with van der Waals surface area (Å²) in [5.74, 6) is 0.965. The van der Waals surface area contributed by atoms with Crippen molar-refractivity contribution in [2.24, 2.45) is 21.6 Å². The number of nitrogens with one attached hydrogen (secondary N) is 1. The molecule has 0 heterocycles. The SMILES string of the molecule is CC1=C[C@H]2[C@@H](CC1S(=O)NS(=O)(=O)c1ccc(N=S=O)cc1)C2(C)C. The predicted octanol–water partition coefficient (Wildman–Crippen LogP) is 2.65. The summed E-state index contributed by atoms with van der Waals surface area (Å²) in [4.78, 5) is -0.00207. The van der Waals surface area contributed by atoms with Crippen molar-refractivity contribution in [1.29, 1.82) is 0 Å². The Hall–Kier alpha value is -1.16. The minimum Gasteiger partial charge on any atom is -0.241 e. The molecule has 1 N–H and O–H groups in total. The Morgan fingerprint density at radius 3 is 2.52 bits per heavy atom. The van der Waals surface area contributed by atoms with Gasteiger partial charge >= 0.3 is 0 Å². The summed E-state index contributed by atoms with van der Waals surface area (Å²) in [5, 5.41) is -0.302. The van der Waals surface area contributed by atoms with Crippen LogP contribution >= 0.6 is 0 Å². The Bertz CT molecular complexity index is 900. The van der Waals surface area contributed by atoms with Gasteiger partial charge in [0.2, 0.25) is 11.5 Å². The van der Waals surface area contributed by atoms with E-state index >= 15 is 0 Å². The van der Waals surface area contributed by atoms with Crippen molar-refractivity contribution in [2.45, 2.75) is 37.3 Å². The molecule has 0 bridgehead atoms. The van der Waals surface area contributed by atoms with Crippen LogP contribution in [0.4, 0.5) is 5.69 Å². The van der Waals surface area contributed by atoms with Gasteiger partial charge in [-0.2, -0.15) is 8.57 Å². The lowest BCUT2D eigenvalue weighted by Crippen LogP contribution is -2.35. The van der Waals surface area contributed by atoms with Gasteiger partial charge in [0.15, 0.2) is 0 Å². The van der Waals surface area contributed by atoms with Gasteiger partial charge in [0.05, 0.1) is 15.8 Å². The topological polar surface area (TPSA) is 92.7 Å². The van der Waals surface area contributed by atoms with Gasteiger partial charge in [-0.05, 0) is 54.9 Å². The van der Waals surface area contributed by atoms with Crippen molar-refractivity contribution >= 4 is 38.2 Å². The van der Waals surface area contributed by atoms with Crippen LogP contribution < -0.4 is 4.13 Å². The zero-order valence-electron chi connectivity index (χ0n) is 14.1. The van der Waals surface area contributed by atoms with Crippen LogP contribution in [0.25, 0.3) is 0 Å². The van der Waals surface area contributed by atoms with Gasteiger partial charge in [0, 0.05) is 0 Å². The van der Waals surface area contributed by atoms with Crippen LogP contribution in [-0.4, -0.2) is 22.1 Å². The first kappa shape index (κ1) is 18.6. The highest BCUT2D eigenvalue weighted by Crippen LogP contribution is 2.64. The van der Waals surface area contributed by atoms with E-state index in [4.69, 9.17) is 0 Å². The first-order valence-corrected chi connectivity index (χ1v) is 11.3. The summed E-state index contributed by atoms with van der Waals surface area (Å²) in [6.07, 6.45) is 2.87. The van der Waals surface area contributed by atoms with E-state index in [1.807, 2.05) is 6.92 Å². The third-order valence-electron chi connectivity index (χ3n) is 5.30. The maximum atomic E-state index is 12.7. The normalized spacial score (nSPS) is 28.4. The number of hydrogen-bond acceptors (Lipinski definition) is 5. The predicted molar refractivity (Wildman–Crippen MR) is 98.1 cm³/mol. The molecule has 0 aliphatic heterocycles. The molecule has 1 aromatic carbocycles. The van der Waals surface area contributed by atoms with Crippen molar-refractivity contribution in [1.82, 2.24) is 4.13 Å². The average molecular weight is 401 g/mol. The van der Waals surface area contributed by atoms with Gasteiger partial charge in [-0.25, -0.2) is 12.6 Å². The number of sulfonamides is 1. The van der Waals surface area contributed by atoms with Gasteiger partial charge in [0.1, 0.15) is 11.0 Å². The van der Waals surface area contributed by atoms with Crippen LogP contribution in [-0.2, 0) is 32.5 Å². The van der Waals surface area contributed by atoms with Gasteiger partial charge in [-0.1, -0.05) is 25.5 Å². The van der Waals surface area contributed by atoms with E-state index in [1.165, 1.54) is 24.3 Å². The molecule has 0 spiro atoms. The molecular weight excluding hydrogens is 380 g/mol. The van der Waals surface area contributed by atoms with Crippen molar-refractivity contribution in [3.8, 4) is 0 Å². The van der Waals surface area contributed by atoms with Crippen LogP contribution in [0.3, 0.4) is 0 Å². The first-order valence-electron chi connectivity index (χ1n) is 7.88. The van der Waals surface area contributed by atoms with E-state index in [9.17, 15) is 16.8 Å². The number of nitrogens with zero attached hydrogens (tertiary/aromatic N) is 1. The molecule has 3 rings (SSSR count). The lowest BCUT2D eigenvalue weighted by Gasteiger charge is -2.21. The first-order chi connectivity index (χ1) is 11.7. The van der Waals surface area contributed by atoms with Gasteiger partial charge in [-0.15, -0.1) is 4.13 Å². The quantitative estimate of drug-likeness (QED) is 0.769. The molecule has 9 heteroatoms. The number of rotatable bonds is 5. The third-order valence-corrected chi connectivity index (χ3v) is 9.09. The highest BCUT2D eigenvalue weighted by molar-refractivity contribution is 8.02. The maximum Gasteiger partial charge on any atom is 0.251 e. The number of allylic oxidation sites excluding steroid dienone is 1. The maximum absolute atomic E-state index is 12.7. The second kappa shape index (κ2) is 6.53. The summed E-state index contributed by atoms with van der Waals surface area (Å²) in [5.41, 5.74) is 1.57. The van der Waals surface area contributed by atoms with Gasteiger partial charge < -0.3 is 0 Å². The lowest BCUT2D eigenvalue weighted by atomic mass is 10.0. The Morgan fingerprint density at radius 1 is 1.28 bits per heavy atom. The molecule has 0 aromatic heterocycles. The van der Waals surface area contributed by atoms with Gasteiger partial charge in [0.25, 0.3) is 10.0 Å². The molecular formula is C16H20N2O4S3. The molecule has 25 heavy (non-hydrogen) atoms. The van der Waals surface area contributed by atoms with Crippen molar-refractivity contribution < 1.29 is 16.8 Å². The summed E-state index contributed by atoms with van der Waals surface area (Å²) in [6, 6.07) is 5.56. The molecule has 2 aliphatic rings. The largest absolute Gasteiger partial charge is 0.251 e. The second-order valence-electron chi connectivity index (χ2n) is 7.13. The van der Waals surface area contributed by atoms with E-state index in [1.54, 1.807) is 0 Å². The second-order valence-corrected chi connectivity index (χ2v) is 10.8.